The SMILES string of the molecule is CC(C)[C@H]1CN(c2ccc(-c3cc(-c4ccc5c(c4)CCNC5=O)c(N)nc3F)cc2)CCO1. The highest BCUT2D eigenvalue weighted by molar-refractivity contribution is 5.97. The Bertz CT molecular complexity index is 1230. The topological polar surface area (TPSA) is 80.5 Å². The predicted octanol–water partition coefficient (Wildman–Crippen LogP) is 4.28. The van der Waals surface area contributed by atoms with Crippen molar-refractivity contribution in [1.29, 1.82) is 0 Å². The van der Waals surface area contributed by atoms with Gasteiger partial charge in [0.1, 0.15) is 5.82 Å². The molecule has 0 aliphatic carbocycles. The van der Waals surface area contributed by atoms with Crippen LogP contribution in [0.5, 0.6) is 0 Å². The molecule has 0 radical (unpaired) electrons. The van der Waals surface area contributed by atoms with Crippen LogP contribution in [0, 0.1) is 11.9 Å². The lowest BCUT2D eigenvalue weighted by molar-refractivity contribution is 0.0114. The molecule has 2 aliphatic rings. The number of nitrogens with two attached hydrogens (primary N) is 1. The van der Waals surface area contributed by atoms with Gasteiger partial charge in [-0.2, -0.15) is 4.39 Å². The molecule has 1 atom stereocenters. The zero-order valence-corrected chi connectivity index (χ0v) is 19.5. The van der Waals surface area contributed by atoms with Gasteiger partial charge in [0, 0.05) is 42.0 Å². The van der Waals surface area contributed by atoms with Crippen LogP contribution in [0.25, 0.3) is 22.3 Å². The van der Waals surface area contributed by atoms with Gasteiger partial charge in [-0.25, -0.2) is 4.98 Å². The fourth-order valence-electron chi connectivity index (χ4n) is 4.70. The summed E-state index contributed by atoms with van der Waals surface area (Å²) >= 11 is 0. The lowest BCUT2D eigenvalue weighted by Crippen LogP contribution is -2.44. The number of nitrogens with one attached hydrogen (secondary N) is 1. The van der Waals surface area contributed by atoms with Gasteiger partial charge in [0.15, 0.2) is 0 Å². The third kappa shape index (κ3) is 4.23. The van der Waals surface area contributed by atoms with Crippen LogP contribution in [0.15, 0.2) is 48.5 Å². The molecule has 0 saturated carbocycles. The number of anilines is 2. The van der Waals surface area contributed by atoms with Gasteiger partial charge in [-0.15, -0.1) is 0 Å². The van der Waals surface area contributed by atoms with Crippen LogP contribution in [0.4, 0.5) is 15.9 Å². The fourth-order valence-corrected chi connectivity index (χ4v) is 4.70. The van der Waals surface area contributed by atoms with Gasteiger partial charge in [-0.3, -0.25) is 4.79 Å². The van der Waals surface area contributed by atoms with Crippen LogP contribution in [0.2, 0.25) is 0 Å². The van der Waals surface area contributed by atoms with Crippen molar-refractivity contribution in [1.82, 2.24) is 10.3 Å². The summed E-state index contributed by atoms with van der Waals surface area (Å²) in [6, 6.07) is 15.2. The Balaban J connectivity index is 1.45. The van der Waals surface area contributed by atoms with E-state index in [1.807, 2.05) is 36.4 Å². The Morgan fingerprint density at radius 3 is 2.62 bits per heavy atom. The lowest BCUT2D eigenvalue weighted by atomic mass is 9.94. The first-order valence-corrected chi connectivity index (χ1v) is 11.7. The summed E-state index contributed by atoms with van der Waals surface area (Å²) < 4.78 is 20.8. The van der Waals surface area contributed by atoms with Crippen molar-refractivity contribution in [3.63, 3.8) is 0 Å². The number of nitrogens with zero attached hydrogens (tertiary/aromatic N) is 2. The Hall–Kier alpha value is -3.45. The summed E-state index contributed by atoms with van der Waals surface area (Å²) in [5.41, 5.74) is 11.4. The summed E-state index contributed by atoms with van der Waals surface area (Å²) in [5, 5.41) is 2.85. The minimum Gasteiger partial charge on any atom is -0.383 e. The third-order valence-electron chi connectivity index (χ3n) is 6.73. The molecule has 5 rings (SSSR count). The standard InChI is InChI=1S/C27H29FN4O2/c1-16(2)24-15-32(11-12-34-24)20-6-3-17(4-7-20)22-14-23(26(29)31-25(22)28)18-5-8-21-19(13-18)9-10-30-27(21)33/h3-8,13-14,16,24H,9-12,15H2,1-2H3,(H2,29,31)(H,30,33)/t24-/m1/s1. The van der Waals surface area contributed by atoms with Crippen LogP contribution in [-0.2, 0) is 11.2 Å². The maximum atomic E-state index is 14.9. The Morgan fingerprint density at radius 1 is 1.09 bits per heavy atom. The van der Waals surface area contributed by atoms with Crippen molar-refractivity contribution in [3.05, 3.63) is 65.6 Å². The van der Waals surface area contributed by atoms with E-state index in [9.17, 15) is 9.18 Å². The first kappa shape index (κ1) is 22.3. The van der Waals surface area contributed by atoms with Crippen molar-refractivity contribution in [2.45, 2.75) is 26.4 Å². The van der Waals surface area contributed by atoms with Gasteiger partial charge in [0.2, 0.25) is 5.95 Å². The normalized spacial score (nSPS) is 18.1. The molecule has 1 amide bonds. The molecule has 1 fully saturated rings. The van der Waals surface area contributed by atoms with E-state index in [-0.39, 0.29) is 17.8 Å². The predicted molar refractivity (Wildman–Crippen MR) is 132 cm³/mol. The van der Waals surface area contributed by atoms with E-state index in [2.05, 4.69) is 29.0 Å². The summed E-state index contributed by atoms with van der Waals surface area (Å²) in [6.07, 6.45) is 0.953. The van der Waals surface area contributed by atoms with Crippen LogP contribution in [-0.4, -0.2) is 43.2 Å². The van der Waals surface area contributed by atoms with Crippen molar-refractivity contribution in [2.75, 3.05) is 36.9 Å². The van der Waals surface area contributed by atoms with E-state index in [1.165, 1.54) is 0 Å². The van der Waals surface area contributed by atoms with Gasteiger partial charge >= 0.3 is 0 Å². The second-order valence-electron chi connectivity index (χ2n) is 9.28. The van der Waals surface area contributed by atoms with E-state index < -0.39 is 5.95 Å². The number of hydrogen-bond acceptors (Lipinski definition) is 5. The molecule has 2 aromatic carbocycles. The Labute approximate surface area is 198 Å². The molecule has 3 N–H and O–H groups in total. The van der Waals surface area contributed by atoms with Crippen LogP contribution >= 0.6 is 0 Å². The third-order valence-corrected chi connectivity index (χ3v) is 6.73. The molecule has 0 bridgehead atoms. The van der Waals surface area contributed by atoms with E-state index in [0.717, 1.165) is 41.9 Å². The molecule has 3 aromatic rings. The number of fused-ring (bicyclic) bond motifs is 1. The number of amides is 1. The Kier molecular flexibility index (Phi) is 5.96. The molecule has 6 nitrogen and oxygen atoms in total. The monoisotopic (exact) mass is 460 g/mol. The van der Waals surface area contributed by atoms with Gasteiger partial charge in [0.05, 0.1) is 12.7 Å². The molecule has 0 unspecified atom stereocenters. The van der Waals surface area contributed by atoms with E-state index in [4.69, 9.17) is 10.5 Å². The number of carbonyl (C=O) groups is 1. The number of hydrogen-bond donors (Lipinski definition) is 2. The highest BCUT2D eigenvalue weighted by Crippen LogP contribution is 2.34. The highest BCUT2D eigenvalue weighted by atomic mass is 19.1. The number of carbonyl (C=O) groups excluding carboxylic acids is 1. The molecular formula is C27H29FN4O2. The van der Waals surface area contributed by atoms with Crippen molar-refractivity contribution in [2.24, 2.45) is 5.92 Å². The van der Waals surface area contributed by atoms with Crippen LogP contribution in [0.3, 0.4) is 0 Å². The second kappa shape index (κ2) is 9.06. The molecule has 1 aromatic heterocycles. The molecule has 1 saturated heterocycles. The van der Waals surface area contributed by atoms with Crippen LogP contribution in [0.1, 0.15) is 29.8 Å². The maximum Gasteiger partial charge on any atom is 0.251 e. The average Bonchev–Trinajstić information content (AvgIpc) is 2.84. The molecule has 0 spiro atoms. The molecular weight excluding hydrogens is 431 g/mol. The van der Waals surface area contributed by atoms with Crippen molar-refractivity contribution < 1.29 is 13.9 Å². The van der Waals surface area contributed by atoms with Gasteiger partial charge in [-0.1, -0.05) is 38.1 Å². The zero-order valence-electron chi connectivity index (χ0n) is 19.5. The molecule has 3 heterocycles. The summed E-state index contributed by atoms with van der Waals surface area (Å²) in [5.74, 6) is -0.0871. The quantitative estimate of drug-likeness (QED) is 0.568. The van der Waals surface area contributed by atoms with Crippen molar-refractivity contribution in [3.8, 4) is 22.3 Å². The Morgan fingerprint density at radius 2 is 1.85 bits per heavy atom. The number of aromatic nitrogens is 1. The van der Waals surface area contributed by atoms with Gasteiger partial charge < -0.3 is 20.7 Å². The van der Waals surface area contributed by atoms with Gasteiger partial charge in [-0.05, 0) is 53.3 Å². The molecule has 7 heteroatoms. The molecule has 2 aliphatic heterocycles. The minimum atomic E-state index is -0.599. The number of nitrogen functional groups attached to an aromatic ring is 1. The van der Waals surface area contributed by atoms with E-state index in [1.54, 1.807) is 12.1 Å². The lowest BCUT2D eigenvalue weighted by Gasteiger charge is -2.36. The highest BCUT2D eigenvalue weighted by Gasteiger charge is 2.24. The first-order chi connectivity index (χ1) is 16.4. The van der Waals surface area contributed by atoms with E-state index >= 15 is 0 Å². The number of pyridine rings is 1. The van der Waals surface area contributed by atoms with E-state index in [0.29, 0.717) is 35.8 Å². The number of halogens is 1. The minimum absolute atomic E-state index is 0.0706. The maximum absolute atomic E-state index is 14.9. The second-order valence-corrected chi connectivity index (χ2v) is 9.28. The van der Waals surface area contributed by atoms with Crippen LogP contribution < -0.4 is 16.0 Å². The summed E-state index contributed by atoms with van der Waals surface area (Å²) in [7, 11) is 0. The smallest absolute Gasteiger partial charge is 0.251 e. The number of morpholine rings is 1. The van der Waals surface area contributed by atoms with Crippen molar-refractivity contribution >= 4 is 17.4 Å². The summed E-state index contributed by atoms with van der Waals surface area (Å²) in [4.78, 5) is 18.4. The first-order valence-electron chi connectivity index (χ1n) is 11.7. The average molecular weight is 461 g/mol. The summed E-state index contributed by atoms with van der Waals surface area (Å²) in [6.45, 7) is 7.32. The number of benzene rings is 2. The van der Waals surface area contributed by atoms with Gasteiger partial charge in [0.25, 0.3) is 5.91 Å². The number of ether oxygens (including phenoxy) is 1. The molecule has 34 heavy (non-hydrogen) atoms. The molecule has 176 valence electrons. The largest absolute Gasteiger partial charge is 0.383 e. The zero-order chi connectivity index (χ0) is 23.8. The number of rotatable bonds is 4. The fraction of sp³-hybridized carbons (Fsp3) is 0.333.